The SMILES string of the molecule is CC1(CC(N)C(=O)NC(CC2CCCNC2=O)C(N)=O)CC1. The first-order valence-electron chi connectivity index (χ1n) is 7.94. The highest BCUT2D eigenvalue weighted by Crippen LogP contribution is 2.48. The predicted octanol–water partition coefficient (Wildman–Crippen LogP) is -0.610. The first-order chi connectivity index (χ1) is 10.3. The van der Waals surface area contributed by atoms with Crippen LogP contribution in [0.1, 0.15) is 45.4 Å². The molecule has 0 spiro atoms. The summed E-state index contributed by atoms with van der Waals surface area (Å²) in [5.41, 5.74) is 11.4. The van der Waals surface area contributed by atoms with E-state index in [9.17, 15) is 14.4 Å². The lowest BCUT2D eigenvalue weighted by Crippen LogP contribution is -2.52. The molecule has 6 N–H and O–H groups in total. The molecular weight excluding hydrogens is 284 g/mol. The summed E-state index contributed by atoms with van der Waals surface area (Å²) in [7, 11) is 0. The Balaban J connectivity index is 1.88. The molecule has 0 aromatic heterocycles. The average molecular weight is 310 g/mol. The van der Waals surface area contributed by atoms with Crippen LogP contribution in [0.25, 0.3) is 0 Å². The van der Waals surface area contributed by atoms with Crippen LogP contribution in [0.2, 0.25) is 0 Å². The van der Waals surface area contributed by atoms with E-state index in [1.54, 1.807) is 0 Å². The highest BCUT2D eigenvalue weighted by atomic mass is 16.2. The molecule has 1 saturated carbocycles. The minimum atomic E-state index is -0.848. The second-order valence-corrected chi connectivity index (χ2v) is 6.95. The highest BCUT2D eigenvalue weighted by Gasteiger charge is 2.40. The van der Waals surface area contributed by atoms with Gasteiger partial charge in [-0.2, -0.15) is 0 Å². The third kappa shape index (κ3) is 4.43. The zero-order valence-corrected chi connectivity index (χ0v) is 13.1. The Kier molecular flexibility index (Phi) is 5.05. The first-order valence-corrected chi connectivity index (χ1v) is 7.94. The Labute approximate surface area is 130 Å². The standard InChI is InChI=1S/C15H26N4O3/c1-15(4-5-15)8-10(16)14(22)19-11(12(17)20)7-9-3-2-6-18-13(9)21/h9-11H,2-8,16H2,1H3,(H2,17,20)(H,18,21)(H,19,22). The summed E-state index contributed by atoms with van der Waals surface area (Å²) in [6, 6.07) is -1.49. The van der Waals surface area contributed by atoms with E-state index in [4.69, 9.17) is 11.5 Å². The fourth-order valence-corrected chi connectivity index (χ4v) is 2.91. The Morgan fingerprint density at radius 3 is 2.68 bits per heavy atom. The second-order valence-electron chi connectivity index (χ2n) is 6.95. The summed E-state index contributed by atoms with van der Waals surface area (Å²) in [4.78, 5) is 35.5. The minimum absolute atomic E-state index is 0.0819. The quantitative estimate of drug-likeness (QED) is 0.500. The number of piperidine rings is 1. The Morgan fingerprint density at radius 1 is 1.45 bits per heavy atom. The first kappa shape index (κ1) is 16.7. The molecular formula is C15H26N4O3. The van der Waals surface area contributed by atoms with Crippen molar-refractivity contribution in [1.29, 1.82) is 0 Å². The third-order valence-corrected chi connectivity index (χ3v) is 4.73. The van der Waals surface area contributed by atoms with Gasteiger partial charge in [0.2, 0.25) is 17.7 Å². The molecule has 3 unspecified atom stereocenters. The van der Waals surface area contributed by atoms with Gasteiger partial charge in [0.25, 0.3) is 0 Å². The molecule has 2 rings (SSSR count). The van der Waals surface area contributed by atoms with Crippen LogP contribution in [-0.2, 0) is 14.4 Å². The highest BCUT2D eigenvalue weighted by molar-refractivity contribution is 5.89. The molecule has 1 aliphatic carbocycles. The van der Waals surface area contributed by atoms with E-state index in [-0.39, 0.29) is 29.6 Å². The van der Waals surface area contributed by atoms with Gasteiger partial charge in [0.15, 0.2) is 0 Å². The van der Waals surface area contributed by atoms with Crippen LogP contribution in [0, 0.1) is 11.3 Å². The van der Waals surface area contributed by atoms with Gasteiger partial charge in [-0.25, -0.2) is 0 Å². The maximum atomic E-state index is 12.1. The van der Waals surface area contributed by atoms with Crippen molar-refractivity contribution < 1.29 is 14.4 Å². The van der Waals surface area contributed by atoms with Gasteiger partial charge in [-0.15, -0.1) is 0 Å². The van der Waals surface area contributed by atoms with Crippen LogP contribution < -0.4 is 22.1 Å². The van der Waals surface area contributed by atoms with E-state index < -0.39 is 18.0 Å². The molecule has 0 aromatic carbocycles. The maximum absolute atomic E-state index is 12.1. The Morgan fingerprint density at radius 2 is 2.14 bits per heavy atom. The molecule has 0 radical (unpaired) electrons. The van der Waals surface area contributed by atoms with E-state index in [0.717, 1.165) is 19.3 Å². The van der Waals surface area contributed by atoms with Crippen LogP contribution in [0.5, 0.6) is 0 Å². The van der Waals surface area contributed by atoms with Gasteiger partial charge in [0.1, 0.15) is 6.04 Å². The Hall–Kier alpha value is -1.63. The summed E-state index contributed by atoms with van der Waals surface area (Å²) in [5.74, 6) is -1.37. The lowest BCUT2D eigenvalue weighted by atomic mass is 9.91. The summed E-state index contributed by atoms with van der Waals surface area (Å²) >= 11 is 0. The number of hydrogen-bond donors (Lipinski definition) is 4. The Bertz CT molecular complexity index is 462. The van der Waals surface area contributed by atoms with Crippen LogP contribution >= 0.6 is 0 Å². The summed E-state index contributed by atoms with van der Waals surface area (Å²) in [6.07, 6.45) is 4.57. The molecule has 124 valence electrons. The summed E-state index contributed by atoms with van der Waals surface area (Å²) < 4.78 is 0. The lowest BCUT2D eigenvalue weighted by Gasteiger charge is -2.26. The molecule has 7 nitrogen and oxygen atoms in total. The molecule has 0 bridgehead atoms. The molecule has 2 aliphatic rings. The number of nitrogens with one attached hydrogen (secondary N) is 2. The normalized spacial score (nSPS) is 25.7. The molecule has 22 heavy (non-hydrogen) atoms. The molecule has 1 aliphatic heterocycles. The zero-order valence-electron chi connectivity index (χ0n) is 13.1. The number of hydrogen-bond acceptors (Lipinski definition) is 4. The minimum Gasteiger partial charge on any atom is -0.368 e. The van der Waals surface area contributed by atoms with E-state index >= 15 is 0 Å². The van der Waals surface area contributed by atoms with Crippen molar-refractivity contribution in [3.8, 4) is 0 Å². The monoisotopic (exact) mass is 310 g/mol. The fourth-order valence-electron chi connectivity index (χ4n) is 2.91. The van der Waals surface area contributed by atoms with Gasteiger partial charge in [-0.3, -0.25) is 14.4 Å². The van der Waals surface area contributed by atoms with Crippen molar-refractivity contribution >= 4 is 17.7 Å². The van der Waals surface area contributed by atoms with Crippen LogP contribution in [0.4, 0.5) is 0 Å². The number of rotatable bonds is 7. The predicted molar refractivity (Wildman–Crippen MR) is 81.4 cm³/mol. The number of nitrogens with two attached hydrogens (primary N) is 2. The smallest absolute Gasteiger partial charge is 0.240 e. The topological polar surface area (TPSA) is 127 Å². The van der Waals surface area contributed by atoms with Crippen molar-refractivity contribution in [3.63, 3.8) is 0 Å². The molecule has 3 amide bonds. The summed E-state index contributed by atoms with van der Waals surface area (Å²) in [6.45, 7) is 2.75. The third-order valence-electron chi connectivity index (χ3n) is 4.73. The molecule has 1 heterocycles. The van der Waals surface area contributed by atoms with Crippen molar-refractivity contribution in [1.82, 2.24) is 10.6 Å². The van der Waals surface area contributed by atoms with Crippen LogP contribution in [-0.4, -0.2) is 36.3 Å². The van der Waals surface area contributed by atoms with Gasteiger partial charge in [0.05, 0.1) is 6.04 Å². The largest absolute Gasteiger partial charge is 0.368 e. The summed E-state index contributed by atoms with van der Waals surface area (Å²) in [5, 5.41) is 5.38. The average Bonchev–Trinajstić information content (AvgIpc) is 3.17. The molecule has 1 saturated heterocycles. The van der Waals surface area contributed by atoms with Crippen molar-refractivity contribution in [2.75, 3.05) is 6.54 Å². The van der Waals surface area contributed by atoms with E-state index in [2.05, 4.69) is 17.6 Å². The van der Waals surface area contributed by atoms with E-state index in [0.29, 0.717) is 19.4 Å². The van der Waals surface area contributed by atoms with E-state index in [1.165, 1.54) is 0 Å². The van der Waals surface area contributed by atoms with Crippen LogP contribution in [0.3, 0.4) is 0 Å². The fraction of sp³-hybridized carbons (Fsp3) is 0.800. The van der Waals surface area contributed by atoms with Crippen LogP contribution in [0.15, 0.2) is 0 Å². The molecule has 2 fully saturated rings. The number of carbonyl (C=O) groups is 3. The zero-order chi connectivity index (χ0) is 16.3. The van der Waals surface area contributed by atoms with Gasteiger partial charge in [-0.1, -0.05) is 6.92 Å². The lowest BCUT2D eigenvalue weighted by molar-refractivity contribution is -0.131. The van der Waals surface area contributed by atoms with Crippen molar-refractivity contribution in [2.24, 2.45) is 22.8 Å². The number of primary amides is 1. The number of amides is 3. The van der Waals surface area contributed by atoms with Gasteiger partial charge >= 0.3 is 0 Å². The van der Waals surface area contributed by atoms with E-state index in [1.807, 2.05) is 0 Å². The van der Waals surface area contributed by atoms with Gasteiger partial charge < -0.3 is 22.1 Å². The molecule has 0 aromatic rings. The molecule has 3 atom stereocenters. The maximum Gasteiger partial charge on any atom is 0.240 e. The van der Waals surface area contributed by atoms with Crippen molar-refractivity contribution in [3.05, 3.63) is 0 Å². The number of carbonyl (C=O) groups excluding carboxylic acids is 3. The van der Waals surface area contributed by atoms with Gasteiger partial charge in [-0.05, 0) is 43.9 Å². The second kappa shape index (κ2) is 6.64. The van der Waals surface area contributed by atoms with Gasteiger partial charge in [0, 0.05) is 12.5 Å². The van der Waals surface area contributed by atoms with Crippen molar-refractivity contribution in [2.45, 2.75) is 57.5 Å². The molecule has 7 heteroatoms.